The highest BCUT2D eigenvalue weighted by molar-refractivity contribution is 5.76. The van der Waals surface area contributed by atoms with Gasteiger partial charge in [0.2, 0.25) is 5.91 Å². The van der Waals surface area contributed by atoms with E-state index in [4.69, 9.17) is 0 Å². The molecule has 0 bridgehead atoms. The summed E-state index contributed by atoms with van der Waals surface area (Å²) in [6.45, 7) is 2.35. The zero-order valence-electron chi connectivity index (χ0n) is 12.9. The van der Waals surface area contributed by atoms with E-state index in [0.717, 1.165) is 0 Å². The third kappa shape index (κ3) is 3.43. The average molecular weight is 304 g/mol. The molecule has 0 aliphatic rings. The molecule has 0 saturated carbocycles. The first kappa shape index (κ1) is 16.0. The first-order chi connectivity index (χ1) is 10.4. The van der Waals surface area contributed by atoms with E-state index in [9.17, 15) is 14.7 Å². The monoisotopic (exact) mass is 304 g/mol. The van der Waals surface area contributed by atoms with Gasteiger partial charge in [-0.15, -0.1) is 0 Å². The molecule has 2 aromatic heterocycles. The van der Waals surface area contributed by atoms with Crippen LogP contribution in [0.4, 0.5) is 0 Å². The summed E-state index contributed by atoms with van der Waals surface area (Å²) in [6, 6.07) is 4.52. The second kappa shape index (κ2) is 6.57. The average Bonchev–Trinajstić information content (AvgIpc) is 2.48. The molecule has 1 amide bonds. The fourth-order valence-electron chi connectivity index (χ4n) is 2.18. The molecule has 0 fully saturated rings. The van der Waals surface area contributed by atoms with Crippen molar-refractivity contribution < 1.29 is 9.90 Å². The molecular weight excluding hydrogens is 284 g/mol. The van der Waals surface area contributed by atoms with Crippen LogP contribution in [0.15, 0.2) is 29.2 Å². The van der Waals surface area contributed by atoms with Gasteiger partial charge in [-0.25, -0.2) is 4.98 Å². The van der Waals surface area contributed by atoms with E-state index in [1.807, 2.05) is 18.9 Å². The smallest absolute Gasteiger partial charge is 0.258 e. The fraction of sp³-hybridized carbons (Fsp3) is 0.400. The van der Waals surface area contributed by atoms with Gasteiger partial charge >= 0.3 is 0 Å². The number of fused-ring (bicyclic) bond motifs is 1. The quantitative estimate of drug-likeness (QED) is 0.832. The van der Waals surface area contributed by atoms with Crippen LogP contribution in [0.5, 0.6) is 5.75 Å². The minimum atomic E-state index is -0.247. The van der Waals surface area contributed by atoms with E-state index in [-0.39, 0.29) is 28.9 Å². The second-order valence-electron chi connectivity index (χ2n) is 5.31. The van der Waals surface area contributed by atoms with Gasteiger partial charge in [0.25, 0.3) is 5.56 Å². The summed E-state index contributed by atoms with van der Waals surface area (Å²) in [5.41, 5.74) is 0.540. The summed E-state index contributed by atoms with van der Waals surface area (Å²) in [5.74, 6) is -0.0777. The summed E-state index contributed by atoms with van der Waals surface area (Å²) < 4.78 is 1.30. The Morgan fingerprint density at radius 2 is 2.27 bits per heavy atom. The highest BCUT2D eigenvalue weighted by Gasteiger charge is 2.15. The van der Waals surface area contributed by atoms with Crippen LogP contribution < -0.4 is 10.9 Å². The normalized spacial score (nSPS) is 12.5. The van der Waals surface area contributed by atoms with Gasteiger partial charge in [-0.2, -0.15) is 0 Å². The molecule has 0 radical (unpaired) electrons. The van der Waals surface area contributed by atoms with E-state index in [1.54, 1.807) is 19.3 Å². The summed E-state index contributed by atoms with van der Waals surface area (Å²) in [5, 5.41) is 12.4. The van der Waals surface area contributed by atoms with Gasteiger partial charge in [0.15, 0.2) is 11.4 Å². The molecule has 1 atom stereocenters. The van der Waals surface area contributed by atoms with Crippen molar-refractivity contribution in [2.24, 2.45) is 0 Å². The van der Waals surface area contributed by atoms with Crippen LogP contribution in [-0.4, -0.2) is 45.4 Å². The summed E-state index contributed by atoms with van der Waals surface area (Å²) in [7, 11) is 3.46. The maximum Gasteiger partial charge on any atom is 0.258 e. The summed E-state index contributed by atoms with van der Waals surface area (Å²) >= 11 is 0. The highest BCUT2D eigenvalue weighted by atomic mass is 16.3. The number of aromatic hydroxyl groups is 1. The lowest BCUT2D eigenvalue weighted by molar-refractivity contribution is -0.121. The molecule has 7 heteroatoms. The minimum Gasteiger partial charge on any atom is -0.504 e. The topological polar surface area (TPSA) is 86.9 Å². The van der Waals surface area contributed by atoms with E-state index in [0.29, 0.717) is 18.7 Å². The number of hydrogen-bond acceptors (Lipinski definition) is 5. The Kier molecular flexibility index (Phi) is 4.77. The van der Waals surface area contributed by atoms with Crippen LogP contribution in [0.2, 0.25) is 0 Å². The Morgan fingerprint density at radius 3 is 2.95 bits per heavy atom. The number of carbonyl (C=O) groups is 1. The molecule has 22 heavy (non-hydrogen) atoms. The molecule has 0 spiro atoms. The number of nitrogens with zero attached hydrogens (tertiary/aromatic N) is 3. The predicted molar refractivity (Wildman–Crippen MR) is 82.7 cm³/mol. The lowest BCUT2D eigenvalue weighted by atomic mass is 10.2. The van der Waals surface area contributed by atoms with Crippen molar-refractivity contribution in [3.63, 3.8) is 0 Å². The Balaban J connectivity index is 2.23. The van der Waals surface area contributed by atoms with Crippen LogP contribution in [-0.2, 0) is 11.3 Å². The van der Waals surface area contributed by atoms with Gasteiger partial charge < -0.3 is 10.4 Å². The third-order valence-corrected chi connectivity index (χ3v) is 3.65. The largest absolute Gasteiger partial charge is 0.504 e. The van der Waals surface area contributed by atoms with Gasteiger partial charge in [0, 0.05) is 38.3 Å². The summed E-state index contributed by atoms with van der Waals surface area (Å²) in [6.07, 6.45) is 1.93. The van der Waals surface area contributed by atoms with Crippen LogP contribution in [0, 0.1) is 0 Å². The van der Waals surface area contributed by atoms with E-state index < -0.39 is 0 Å². The van der Waals surface area contributed by atoms with Crippen molar-refractivity contribution in [2.75, 3.05) is 14.1 Å². The maximum absolute atomic E-state index is 12.1. The SMILES string of the molecule is CNC(=O)C[C@H](C)N(C)Cc1cc(=O)n2cccc(O)c2n1. The van der Waals surface area contributed by atoms with Crippen molar-refractivity contribution >= 4 is 11.6 Å². The molecule has 2 N–H and O–H groups in total. The molecule has 0 aliphatic carbocycles. The van der Waals surface area contributed by atoms with Crippen molar-refractivity contribution in [3.8, 4) is 5.75 Å². The van der Waals surface area contributed by atoms with Crippen molar-refractivity contribution in [1.82, 2.24) is 19.6 Å². The molecular formula is C15H20N4O3. The van der Waals surface area contributed by atoms with Gasteiger partial charge in [-0.1, -0.05) is 0 Å². The van der Waals surface area contributed by atoms with E-state index in [1.165, 1.54) is 16.5 Å². The lowest BCUT2D eigenvalue weighted by Crippen LogP contribution is -2.34. The Bertz CT molecular complexity index is 741. The number of amides is 1. The Labute approximate surface area is 128 Å². The van der Waals surface area contributed by atoms with Crippen LogP contribution in [0.25, 0.3) is 5.65 Å². The maximum atomic E-state index is 12.1. The number of carbonyl (C=O) groups excluding carboxylic acids is 1. The lowest BCUT2D eigenvalue weighted by Gasteiger charge is -2.23. The Hall–Kier alpha value is -2.41. The number of hydrogen-bond donors (Lipinski definition) is 2. The highest BCUT2D eigenvalue weighted by Crippen LogP contribution is 2.14. The van der Waals surface area contributed by atoms with Crippen molar-refractivity contribution in [3.05, 3.63) is 40.4 Å². The number of aromatic nitrogens is 2. The zero-order chi connectivity index (χ0) is 16.3. The molecule has 0 aliphatic heterocycles. The molecule has 0 saturated heterocycles. The van der Waals surface area contributed by atoms with Crippen LogP contribution >= 0.6 is 0 Å². The van der Waals surface area contributed by atoms with E-state index >= 15 is 0 Å². The van der Waals surface area contributed by atoms with Gasteiger partial charge in [-0.3, -0.25) is 18.9 Å². The van der Waals surface area contributed by atoms with Crippen molar-refractivity contribution in [2.45, 2.75) is 25.9 Å². The zero-order valence-corrected chi connectivity index (χ0v) is 12.9. The van der Waals surface area contributed by atoms with Crippen LogP contribution in [0.1, 0.15) is 19.0 Å². The van der Waals surface area contributed by atoms with Crippen molar-refractivity contribution in [1.29, 1.82) is 0 Å². The number of nitrogens with one attached hydrogen (secondary N) is 1. The first-order valence-corrected chi connectivity index (χ1v) is 7.03. The molecule has 2 aromatic rings. The standard InChI is InChI=1S/C15H20N4O3/c1-10(7-13(21)16-2)18(3)9-11-8-14(22)19-6-4-5-12(20)15(19)17-11/h4-6,8,10,20H,7,9H2,1-3H3,(H,16,21)/t10-/m0/s1. The summed E-state index contributed by atoms with van der Waals surface area (Å²) in [4.78, 5) is 29.7. The molecule has 118 valence electrons. The predicted octanol–water partition coefficient (Wildman–Crippen LogP) is 0.356. The van der Waals surface area contributed by atoms with Crippen LogP contribution in [0.3, 0.4) is 0 Å². The second-order valence-corrected chi connectivity index (χ2v) is 5.31. The minimum absolute atomic E-state index is 0.00423. The molecule has 2 heterocycles. The molecule has 0 aromatic carbocycles. The number of rotatable bonds is 5. The fourth-order valence-corrected chi connectivity index (χ4v) is 2.18. The molecule has 0 unspecified atom stereocenters. The van der Waals surface area contributed by atoms with E-state index in [2.05, 4.69) is 10.3 Å². The number of pyridine rings is 1. The van der Waals surface area contributed by atoms with Gasteiger partial charge in [0.05, 0.1) is 5.69 Å². The third-order valence-electron chi connectivity index (χ3n) is 3.65. The first-order valence-electron chi connectivity index (χ1n) is 7.03. The van der Waals surface area contributed by atoms with Gasteiger partial charge in [-0.05, 0) is 26.1 Å². The van der Waals surface area contributed by atoms with Gasteiger partial charge in [0.1, 0.15) is 0 Å². The molecule has 7 nitrogen and oxygen atoms in total. The molecule has 2 rings (SSSR count). The Morgan fingerprint density at radius 1 is 1.55 bits per heavy atom.